The van der Waals surface area contributed by atoms with Gasteiger partial charge in [0.2, 0.25) is 0 Å². The van der Waals surface area contributed by atoms with E-state index < -0.39 is 0 Å². The number of halogens is 1. The van der Waals surface area contributed by atoms with Crippen LogP contribution in [0, 0.1) is 11.3 Å². The lowest BCUT2D eigenvalue weighted by atomic mass is 9.74. The molecule has 114 valence electrons. The molecule has 1 aliphatic heterocycles. The smallest absolute Gasteiger partial charge is 0.0675 e. The van der Waals surface area contributed by atoms with Crippen LogP contribution in [0.15, 0.2) is 28.7 Å². The van der Waals surface area contributed by atoms with E-state index in [9.17, 15) is 0 Å². The lowest BCUT2D eigenvalue weighted by Gasteiger charge is -2.35. The summed E-state index contributed by atoms with van der Waals surface area (Å²) in [5, 5.41) is 3.80. The van der Waals surface area contributed by atoms with E-state index in [4.69, 9.17) is 4.74 Å². The molecule has 1 aromatic rings. The molecule has 1 aromatic carbocycles. The third-order valence-electron chi connectivity index (χ3n) is 5.37. The molecule has 0 spiro atoms. The van der Waals surface area contributed by atoms with Crippen LogP contribution in [0.2, 0.25) is 0 Å². The molecule has 21 heavy (non-hydrogen) atoms. The molecule has 3 heteroatoms. The number of ether oxygens (including phenoxy) is 1. The maximum atomic E-state index is 6.20. The van der Waals surface area contributed by atoms with E-state index in [1.165, 1.54) is 42.1 Å². The van der Waals surface area contributed by atoms with Gasteiger partial charge in [0.15, 0.2) is 0 Å². The van der Waals surface area contributed by atoms with Crippen molar-refractivity contribution in [3.8, 4) is 0 Å². The lowest BCUT2D eigenvalue weighted by Crippen LogP contribution is -2.44. The maximum Gasteiger partial charge on any atom is 0.0675 e. The fraction of sp³-hybridized carbons (Fsp3) is 0.667. The van der Waals surface area contributed by atoms with E-state index in [0.717, 1.165) is 31.5 Å². The van der Waals surface area contributed by atoms with Gasteiger partial charge in [-0.15, -0.1) is 0 Å². The van der Waals surface area contributed by atoms with E-state index in [1.807, 2.05) is 0 Å². The van der Waals surface area contributed by atoms with Crippen LogP contribution in [0.25, 0.3) is 0 Å². The van der Waals surface area contributed by atoms with E-state index in [2.05, 4.69) is 45.5 Å². The van der Waals surface area contributed by atoms with Crippen molar-refractivity contribution in [2.24, 2.45) is 11.3 Å². The van der Waals surface area contributed by atoms with E-state index >= 15 is 0 Å². The Morgan fingerprint density at radius 2 is 2.00 bits per heavy atom. The van der Waals surface area contributed by atoms with Gasteiger partial charge in [-0.25, -0.2) is 0 Å². The van der Waals surface area contributed by atoms with Crippen molar-refractivity contribution in [2.45, 2.75) is 50.7 Å². The van der Waals surface area contributed by atoms with Gasteiger partial charge in [-0.3, -0.25) is 0 Å². The minimum Gasteiger partial charge on any atom is -0.377 e. The molecule has 0 radical (unpaired) electrons. The summed E-state index contributed by atoms with van der Waals surface area (Å²) in [6.45, 7) is 2.07. The molecule has 2 unspecified atom stereocenters. The number of hydrogen-bond acceptors (Lipinski definition) is 2. The molecule has 1 N–H and O–H groups in total. The van der Waals surface area contributed by atoms with Crippen molar-refractivity contribution in [1.29, 1.82) is 0 Å². The quantitative estimate of drug-likeness (QED) is 0.839. The Hall–Kier alpha value is -0.380. The Bertz CT molecular complexity index is 512. The molecule has 0 amide bonds. The minimum atomic E-state index is 0.299. The van der Waals surface area contributed by atoms with Gasteiger partial charge in [0.25, 0.3) is 0 Å². The van der Waals surface area contributed by atoms with Crippen molar-refractivity contribution >= 4 is 15.9 Å². The van der Waals surface area contributed by atoms with Crippen molar-refractivity contribution in [1.82, 2.24) is 5.32 Å². The van der Waals surface area contributed by atoms with Gasteiger partial charge in [-0.2, -0.15) is 0 Å². The SMILES string of the molecule is Brc1ccccc1CC1(CNC2CC2)CCOC1C1CC1. The van der Waals surface area contributed by atoms with Gasteiger partial charge in [0.1, 0.15) is 0 Å². The molecule has 2 nitrogen and oxygen atoms in total. The van der Waals surface area contributed by atoms with E-state index in [0.29, 0.717) is 11.5 Å². The molecule has 2 aliphatic carbocycles. The summed E-state index contributed by atoms with van der Waals surface area (Å²) in [4.78, 5) is 0. The van der Waals surface area contributed by atoms with Crippen LogP contribution in [0.3, 0.4) is 0 Å². The predicted molar refractivity (Wildman–Crippen MR) is 88.4 cm³/mol. The van der Waals surface area contributed by atoms with Crippen LogP contribution < -0.4 is 5.32 Å². The van der Waals surface area contributed by atoms with Gasteiger partial charge in [0, 0.05) is 29.1 Å². The zero-order valence-corrected chi connectivity index (χ0v) is 14.1. The molecule has 3 fully saturated rings. The highest BCUT2D eigenvalue weighted by Crippen LogP contribution is 2.49. The first-order valence-corrected chi connectivity index (χ1v) is 9.15. The van der Waals surface area contributed by atoms with Gasteiger partial charge < -0.3 is 10.1 Å². The van der Waals surface area contributed by atoms with Crippen LogP contribution in [-0.4, -0.2) is 25.3 Å². The summed E-state index contributed by atoms with van der Waals surface area (Å²) >= 11 is 3.73. The highest BCUT2D eigenvalue weighted by atomic mass is 79.9. The maximum absolute atomic E-state index is 6.20. The fourth-order valence-corrected chi connectivity index (χ4v) is 4.26. The third kappa shape index (κ3) is 3.06. The molecule has 1 heterocycles. The topological polar surface area (TPSA) is 21.3 Å². The minimum absolute atomic E-state index is 0.299. The van der Waals surface area contributed by atoms with E-state index in [1.54, 1.807) is 0 Å². The van der Waals surface area contributed by atoms with Crippen molar-refractivity contribution in [3.63, 3.8) is 0 Å². The second-order valence-electron chi connectivity index (χ2n) is 7.16. The van der Waals surface area contributed by atoms with Crippen molar-refractivity contribution in [3.05, 3.63) is 34.3 Å². The summed E-state index contributed by atoms with van der Waals surface area (Å²) in [6.07, 6.45) is 8.26. The average molecular weight is 350 g/mol. The summed E-state index contributed by atoms with van der Waals surface area (Å²) in [5.74, 6) is 0.816. The van der Waals surface area contributed by atoms with E-state index in [-0.39, 0.29) is 0 Å². The zero-order chi connectivity index (χ0) is 14.3. The molecular formula is C18H24BrNO. The Kier molecular flexibility index (Phi) is 3.85. The largest absolute Gasteiger partial charge is 0.377 e. The van der Waals surface area contributed by atoms with Crippen LogP contribution in [0.1, 0.15) is 37.7 Å². The monoisotopic (exact) mass is 349 g/mol. The Labute approximate surface area is 135 Å². The summed E-state index contributed by atoms with van der Waals surface area (Å²) in [7, 11) is 0. The fourth-order valence-electron chi connectivity index (χ4n) is 3.84. The molecule has 0 aromatic heterocycles. The summed E-state index contributed by atoms with van der Waals surface area (Å²) < 4.78 is 7.45. The second kappa shape index (κ2) is 5.68. The normalized spacial score (nSPS) is 32.5. The van der Waals surface area contributed by atoms with Crippen LogP contribution in [0.4, 0.5) is 0 Å². The number of benzene rings is 1. The van der Waals surface area contributed by atoms with Gasteiger partial charge >= 0.3 is 0 Å². The highest BCUT2D eigenvalue weighted by Gasteiger charge is 2.51. The Morgan fingerprint density at radius 1 is 1.19 bits per heavy atom. The molecule has 1 saturated heterocycles. The Morgan fingerprint density at radius 3 is 2.71 bits per heavy atom. The molecule has 2 saturated carbocycles. The first kappa shape index (κ1) is 14.2. The molecule has 3 aliphatic rings. The number of nitrogens with one attached hydrogen (secondary N) is 1. The second-order valence-corrected chi connectivity index (χ2v) is 8.02. The molecular weight excluding hydrogens is 326 g/mol. The van der Waals surface area contributed by atoms with Crippen molar-refractivity contribution < 1.29 is 4.74 Å². The number of rotatable bonds is 6. The highest BCUT2D eigenvalue weighted by molar-refractivity contribution is 9.10. The summed E-state index contributed by atoms with van der Waals surface area (Å²) in [6, 6.07) is 9.47. The summed E-state index contributed by atoms with van der Waals surface area (Å²) in [5.41, 5.74) is 1.74. The Balaban J connectivity index is 1.57. The predicted octanol–water partition coefficient (Wildman–Crippen LogP) is 3.93. The average Bonchev–Trinajstić information content (AvgIpc) is 3.40. The van der Waals surface area contributed by atoms with Gasteiger partial charge in [-0.05, 0) is 56.1 Å². The van der Waals surface area contributed by atoms with Crippen LogP contribution >= 0.6 is 15.9 Å². The number of hydrogen-bond donors (Lipinski definition) is 1. The first-order valence-electron chi connectivity index (χ1n) is 8.35. The standard InChI is InChI=1S/C18H24BrNO/c19-16-4-2-1-3-14(16)11-18(12-20-15-7-8-15)9-10-21-17(18)13-5-6-13/h1-4,13,15,17,20H,5-12H2. The van der Waals surface area contributed by atoms with Crippen LogP contribution in [-0.2, 0) is 11.2 Å². The lowest BCUT2D eigenvalue weighted by molar-refractivity contribution is 0.0304. The van der Waals surface area contributed by atoms with Crippen LogP contribution in [0.5, 0.6) is 0 Å². The van der Waals surface area contributed by atoms with Crippen molar-refractivity contribution in [2.75, 3.05) is 13.2 Å². The molecule has 2 atom stereocenters. The van der Waals surface area contributed by atoms with Gasteiger partial charge in [-0.1, -0.05) is 34.1 Å². The zero-order valence-electron chi connectivity index (χ0n) is 12.5. The molecule has 0 bridgehead atoms. The van der Waals surface area contributed by atoms with Gasteiger partial charge in [0.05, 0.1) is 6.10 Å². The third-order valence-corrected chi connectivity index (χ3v) is 6.15. The molecule has 4 rings (SSSR count). The first-order chi connectivity index (χ1) is 10.3.